The molecule has 7 heteroatoms. The lowest BCUT2D eigenvalue weighted by molar-refractivity contribution is 0.371. The summed E-state index contributed by atoms with van der Waals surface area (Å²) in [5, 5.41) is 4.59. The van der Waals surface area contributed by atoms with Crippen molar-refractivity contribution in [3.05, 3.63) is 102 Å². The van der Waals surface area contributed by atoms with E-state index >= 15 is 0 Å². The van der Waals surface area contributed by atoms with Crippen molar-refractivity contribution in [1.29, 1.82) is 0 Å². The topological polar surface area (TPSA) is 75.5 Å². The van der Waals surface area contributed by atoms with Crippen molar-refractivity contribution in [3.63, 3.8) is 0 Å². The average molecular weight is 429 g/mol. The van der Waals surface area contributed by atoms with Gasteiger partial charge in [0, 0.05) is 18.8 Å². The highest BCUT2D eigenvalue weighted by molar-refractivity contribution is 7.89. The van der Waals surface area contributed by atoms with Gasteiger partial charge in [0.1, 0.15) is 0 Å². The summed E-state index contributed by atoms with van der Waals surface area (Å²) in [6.07, 6.45) is 3.75. The maximum absolute atomic E-state index is 13.6. The zero-order chi connectivity index (χ0) is 21.4. The minimum absolute atomic E-state index is 0.224. The van der Waals surface area contributed by atoms with Crippen molar-refractivity contribution < 1.29 is 8.42 Å². The van der Waals surface area contributed by atoms with Crippen LogP contribution in [0.5, 0.6) is 0 Å². The molecule has 0 N–H and O–H groups in total. The van der Waals surface area contributed by atoms with E-state index in [4.69, 9.17) is 0 Å². The van der Waals surface area contributed by atoms with E-state index in [0.29, 0.717) is 6.42 Å². The first-order chi connectivity index (χ1) is 15.0. The van der Waals surface area contributed by atoms with Gasteiger partial charge in [0.25, 0.3) is 10.0 Å². The van der Waals surface area contributed by atoms with Crippen LogP contribution in [0, 0.1) is 6.92 Å². The number of sulfonamides is 1. The second-order valence-corrected chi connectivity index (χ2v) is 9.32. The Morgan fingerprint density at radius 1 is 0.871 bits per heavy atom. The van der Waals surface area contributed by atoms with Gasteiger partial charge in [-0.25, -0.2) is 0 Å². The third kappa shape index (κ3) is 3.57. The summed E-state index contributed by atoms with van der Waals surface area (Å²) in [5.74, 6) is 0. The largest absolute Gasteiger partial charge is 0.279 e. The van der Waals surface area contributed by atoms with Gasteiger partial charge in [-0.05, 0) is 42.3 Å². The molecule has 1 aliphatic rings. The Balaban J connectivity index is 1.62. The predicted octanol–water partition coefficient (Wildman–Crippen LogP) is 4.48. The molecule has 0 saturated heterocycles. The summed E-state index contributed by atoms with van der Waals surface area (Å²) in [6, 6.07) is 21.7. The Morgan fingerprint density at radius 3 is 2.32 bits per heavy atom. The van der Waals surface area contributed by atoms with Crippen LogP contribution < -0.4 is 0 Å². The molecule has 0 bridgehead atoms. The second-order valence-electron chi connectivity index (χ2n) is 7.53. The van der Waals surface area contributed by atoms with Gasteiger partial charge < -0.3 is 0 Å². The summed E-state index contributed by atoms with van der Waals surface area (Å²) < 4.78 is 28.4. The highest BCUT2D eigenvalue weighted by Gasteiger charge is 2.37. The molecule has 0 radical (unpaired) electrons. The summed E-state index contributed by atoms with van der Waals surface area (Å²) in [4.78, 5) is 8.91. The van der Waals surface area contributed by atoms with Crippen molar-refractivity contribution in [2.24, 2.45) is 5.10 Å². The molecule has 1 unspecified atom stereocenters. The van der Waals surface area contributed by atoms with Gasteiger partial charge in [-0.2, -0.15) is 17.9 Å². The molecular weight excluding hydrogens is 408 g/mol. The Kier molecular flexibility index (Phi) is 4.75. The van der Waals surface area contributed by atoms with Gasteiger partial charge in [-0.3, -0.25) is 9.97 Å². The Morgan fingerprint density at radius 2 is 1.58 bits per heavy atom. The van der Waals surface area contributed by atoms with E-state index in [1.54, 1.807) is 36.7 Å². The van der Waals surface area contributed by atoms with Crippen LogP contribution in [0.4, 0.5) is 0 Å². The molecular formula is C24H20N4O2S. The predicted molar refractivity (Wildman–Crippen MR) is 120 cm³/mol. The molecule has 154 valence electrons. The van der Waals surface area contributed by atoms with Crippen molar-refractivity contribution in [2.75, 3.05) is 0 Å². The van der Waals surface area contributed by atoms with E-state index in [-0.39, 0.29) is 4.90 Å². The van der Waals surface area contributed by atoms with Gasteiger partial charge in [-0.1, -0.05) is 54.1 Å². The highest BCUT2D eigenvalue weighted by Crippen LogP contribution is 2.37. The Hall–Kier alpha value is -3.58. The minimum atomic E-state index is -3.84. The molecule has 0 amide bonds. The molecule has 0 aliphatic carbocycles. The van der Waals surface area contributed by atoms with Crippen LogP contribution >= 0.6 is 0 Å². The Bertz CT molecular complexity index is 1380. The molecule has 0 saturated carbocycles. The maximum atomic E-state index is 13.6. The number of nitrogens with zero attached hydrogens (tertiary/aromatic N) is 4. The SMILES string of the molecule is Cc1ccc(S(=O)(=O)N2N=C(c3ccccc3)CC2c2ccc3nccnc3c2)cc1. The van der Waals surface area contributed by atoms with Gasteiger partial charge >= 0.3 is 0 Å². The smallest absolute Gasteiger partial charge is 0.253 e. The third-order valence-electron chi connectivity index (χ3n) is 5.42. The van der Waals surface area contributed by atoms with Gasteiger partial charge in [0.2, 0.25) is 0 Å². The summed E-state index contributed by atoms with van der Waals surface area (Å²) >= 11 is 0. The molecule has 0 fully saturated rings. The monoisotopic (exact) mass is 428 g/mol. The number of hydrazone groups is 1. The lowest BCUT2D eigenvalue weighted by Gasteiger charge is -2.23. The van der Waals surface area contributed by atoms with Crippen molar-refractivity contribution in [2.45, 2.75) is 24.3 Å². The summed E-state index contributed by atoms with van der Waals surface area (Å²) in [6.45, 7) is 1.93. The molecule has 2 heterocycles. The van der Waals surface area contributed by atoms with Gasteiger partial charge in [-0.15, -0.1) is 0 Å². The standard InChI is InChI=1S/C24H20N4O2S/c1-17-7-10-20(11-8-17)31(29,30)28-24(16-22(27-28)18-5-3-2-4-6-18)19-9-12-21-23(15-19)26-14-13-25-21/h2-15,24H,16H2,1H3. The fraction of sp³-hybridized carbons (Fsp3) is 0.125. The van der Waals surface area contributed by atoms with Crippen LogP contribution in [0.25, 0.3) is 11.0 Å². The van der Waals surface area contributed by atoms with Crippen LogP contribution in [0.2, 0.25) is 0 Å². The molecule has 31 heavy (non-hydrogen) atoms. The number of hydrogen-bond donors (Lipinski definition) is 0. The molecule has 3 aromatic carbocycles. The first-order valence-electron chi connectivity index (χ1n) is 9.97. The normalized spacial score (nSPS) is 16.5. The van der Waals surface area contributed by atoms with Crippen molar-refractivity contribution >= 4 is 26.8 Å². The number of fused-ring (bicyclic) bond motifs is 1. The van der Waals surface area contributed by atoms with Crippen LogP contribution in [-0.4, -0.2) is 28.5 Å². The summed E-state index contributed by atoms with van der Waals surface area (Å²) in [7, 11) is -3.84. The van der Waals surface area contributed by atoms with Crippen LogP contribution in [0.15, 0.2) is 95.2 Å². The molecule has 1 aromatic heterocycles. The number of benzene rings is 3. The number of aromatic nitrogens is 2. The van der Waals surface area contributed by atoms with E-state index in [1.165, 1.54) is 4.41 Å². The molecule has 4 aromatic rings. The molecule has 5 rings (SSSR count). The van der Waals surface area contributed by atoms with Gasteiger partial charge in [0.15, 0.2) is 0 Å². The van der Waals surface area contributed by atoms with E-state index in [0.717, 1.165) is 33.4 Å². The quantitative estimate of drug-likeness (QED) is 0.480. The molecule has 6 nitrogen and oxygen atoms in total. The van der Waals surface area contributed by atoms with E-state index in [2.05, 4.69) is 15.1 Å². The zero-order valence-electron chi connectivity index (χ0n) is 16.9. The van der Waals surface area contributed by atoms with Crippen LogP contribution in [-0.2, 0) is 10.0 Å². The van der Waals surface area contributed by atoms with E-state index in [1.807, 2.05) is 55.5 Å². The second kappa shape index (κ2) is 7.59. The van der Waals surface area contributed by atoms with E-state index < -0.39 is 16.1 Å². The fourth-order valence-electron chi connectivity index (χ4n) is 3.77. The lowest BCUT2D eigenvalue weighted by atomic mass is 9.99. The molecule has 1 atom stereocenters. The highest BCUT2D eigenvalue weighted by atomic mass is 32.2. The fourth-order valence-corrected chi connectivity index (χ4v) is 5.20. The van der Waals surface area contributed by atoms with Crippen molar-refractivity contribution in [3.8, 4) is 0 Å². The molecule has 1 aliphatic heterocycles. The first-order valence-corrected chi connectivity index (χ1v) is 11.4. The number of aryl methyl sites for hydroxylation is 1. The van der Waals surface area contributed by atoms with E-state index in [9.17, 15) is 8.42 Å². The van der Waals surface area contributed by atoms with Crippen LogP contribution in [0.1, 0.15) is 29.2 Å². The number of hydrogen-bond acceptors (Lipinski definition) is 5. The zero-order valence-corrected chi connectivity index (χ0v) is 17.7. The van der Waals surface area contributed by atoms with Crippen molar-refractivity contribution in [1.82, 2.24) is 14.4 Å². The maximum Gasteiger partial charge on any atom is 0.279 e. The van der Waals surface area contributed by atoms with Gasteiger partial charge in [0.05, 0.1) is 27.7 Å². The third-order valence-corrected chi connectivity index (χ3v) is 7.12. The first kappa shape index (κ1) is 19.4. The lowest BCUT2D eigenvalue weighted by Crippen LogP contribution is -2.27. The molecule has 0 spiro atoms. The van der Waals surface area contributed by atoms with Crippen LogP contribution in [0.3, 0.4) is 0 Å². The number of rotatable bonds is 4. The summed E-state index contributed by atoms with van der Waals surface area (Å²) in [5.41, 5.74) is 4.97. The Labute approximate surface area is 181 Å². The average Bonchev–Trinajstić information content (AvgIpc) is 3.26. The minimum Gasteiger partial charge on any atom is -0.253 e.